The number of carbonyl (C=O) groups excluding carboxylic acids is 3. The van der Waals surface area contributed by atoms with Crippen LogP contribution < -0.4 is 10.6 Å². The molecule has 0 spiro atoms. The molecule has 0 bridgehead atoms. The number of nitrogens with zero attached hydrogens (tertiary/aromatic N) is 2. The minimum absolute atomic E-state index is 0.136. The highest BCUT2D eigenvalue weighted by atomic mass is 19.1. The molecule has 9 heteroatoms. The molecule has 0 atom stereocenters. The van der Waals surface area contributed by atoms with Crippen molar-refractivity contribution in [2.24, 2.45) is 0 Å². The van der Waals surface area contributed by atoms with Crippen LogP contribution in [-0.4, -0.2) is 60.2 Å². The summed E-state index contributed by atoms with van der Waals surface area (Å²) in [7, 11) is 0. The molecular weight excluding hydrogens is 427 g/mol. The van der Waals surface area contributed by atoms with Gasteiger partial charge < -0.3 is 20.0 Å². The van der Waals surface area contributed by atoms with Crippen molar-refractivity contribution < 1.29 is 23.2 Å². The number of furan rings is 1. The smallest absolute Gasteiger partial charge is 0.289 e. The lowest BCUT2D eigenvalue weighted by Crippen LogP contribution is -2.50. The van der Waals surface area contributed by atoms with Crippen LogP contribution in [0.15, 0.2) is 71.3 Å². The third kappa shape index (κ3) is 5.64. The highest BCUT2D eigenvalue weighted by molar-refractivity contribution is 6.10. The van der Waals surface area contributed by atoms with Crippen LogP contribution in [0.25, 0.3) is 0 Å². The molecule has 3 aromatic rings. The molecule has 2 aromatic carbocycles. The van der Waals surface area contributed by atoms with E-state index in [1.807, 2.05) is 4.90 Å². The zero-order valence-electron chi connectivity index (χ0n) is 17.8. The third-order valence-corrected chi connectivity index (χ3v) is 5.31. The van der Waals surface area contributed by atoms with Gasteiger partial charge in [-0.3, -0.25) is 19.3 Å². The van der Waals surface area contributed by atoms with E-state index in [1.54, 1.807) is 41.3 Å². The largest absolute Gasteiger partial charge is 0.459 e. The van der Waals surface area contributed by atoms with Gasteiger partial charge in [0.05, 0.1) is 24.1 Å². The first-order chi connectivity index (χ1) is 16.0. The van der Waals surface area contributed by atoms with Gasteiger partial charge in [0.15, 0.2) is 5.76 Å². The van der Waals surface area contributed by atoms with E-state index in [1.165, 1.54) is 30.5 Å². The number of hydrogen-bond donors (Lipinski definition) is 2. The van der Waals surface area contributed by atoms with Gasteiger partial charge in [0.25, 0.3) is 11.8 Å². The van der Waals surface area contributed by atoms with E-state index in [0.29, 0.717) is 48.9 Å². The molecule has 1 fully saturated rings. The molecule has 8 nitrogen and oxygen atoms in total. The number of halogens is 1. The molecule has 1 saturated heterocycles. The summed E-state index contributed by atoms with van der Waals surface area (Å²) in [5.74, 6) is -0.931. The van der Waals surface area contributed by atoms with E-state index < -0.39 is 11.7 Å². The van der Waals surface area contributed by atoms with Gasteiger partial charge in [0, 0.05) is 31.9 Å². The van der Waals surface area contributed by atoms with Crippen molar-refractivity contribution in [2.75, 3.05) is 43.4 Å². The summed E-state index contributed by atoms with van der Waals surface area (Å²) in [5.41, 5.74) is 1.13. The van der Waals surface area contributed by atoms with Crippen LogP contribution in [0.4, 0.5) is 15.8 Å². The van der Waals surface area contributed by atoms with Gasteiger partial charge in [0.2, 0.25) is 5.91 Å². The number of rotatable bonds is 6. The number of benzene rings is 2. The van der Waals surface area contributed by atoms with E-state index in [2.05, 4.69) is 10.6 Å². The number of carbonyl (C=O) groups is 3. The average Bonchev–Trinajstić information content (AvgIpc) is 3.36. The Kier molecular flexibility index (Phi) is 6.80. The zero-order chi connectivity index (χ0) is 23.2. The molecule has 0 aliphatic carbocycles. The fraction of sp³-hybridized carbons (Fsp3) is 0.208. The second-order valence-corrected chi connectivity index (χ2v) is 7.60. The first-order valence-corrected chi connectivity index (χ1v) is 10.5. The second-order valence-electron chi connectivity index (χ2n) is 7.60. The molecule has 1 aliphatic rings. The number of anilines is 2. The topological polar surface area (TPSA) is 94.9 Å². The van der Waals surface area contributed by atoms with Crippen LogP contribution in [-0.2, 0) is 4.79 Å². The summed E-state index contributed by atoms with van der Waals surface area (Å²) in [5, 5.41) is 5.49. The Hall–Kier alpha value is -3.98. The minimum Gasteiger partial charge on any atom is -0.459 e. The number of piperazine rings is 1. The fourth-order valence-corrected chi connectivity index (χ4v) is 3.58. The first-order valence-electron chi connectivity index (χ1n) is 10.5. The number of hydrogen-bond acceptors (Lipinski definition) is 5. The molecule has 170 valence electrons. The number of nitrogens with one attached hydrogen (secondary N) is 2. The summed E-state index contributed by atoms with van der Waals surface area (Å²) < 4.78 is 18.2. The summed E-state index contributed by atoms with van der Waals surface area (Å²) in [4.78, 5) is 41.3. The van der Waals surface area contributed by atoms with Gasteiger partial charge >= 0.3 is 0 Å². The predicted octanol–water partition coefficient (Wildman–Crippen LogP) is 3.07. The van der Waals surface area contributed by atoms with E-state index >= 15 is 0 Å². The van der Waals surface area contributed by atoms with E-state index in [0.717, 1.165) is 0 Å². The van der Waals surface area contributed by atoms with E-state index in [-0.39, 0.29) is 18.4 Å². The van der Waals surface area contributed by atoms with Crippen molar-refractivity contribution in [3.8, 4) is 0 Å². The summed E-state index contributed by atoms with van der Waals surface area (Å²) >= 11 is 0. The highest BCUT2D eigenvalue weighted by Crippen LogP contribution is 2.18. The minimum atomic E-state index is -0.414. The Morgan fingerprint density at radius 1 is 0.879 bits per heavy atom. The summed E-state index contributed by atoms with van der Waals surface area (Å²) in [6.07, 6.45) is 1.46. The maximum Gasteiger partial charge on any atom is 0.289 e. The van der Waals surface area contributed by atoms with Crippen LogP contribution in [0.5, 0.6) is 0 Å². The van der Waals surface area contributed by atoms with Crippen molar-refractivity contribution in [1.29, 1.82) is 0 Å². The third-order valence-electron chi connectivity index (χ3n) is 5.31. The molecule has 2 heterocycles. The van der Waals surface area contributed by atoms with Gasteiger partial charge in [-0.15, -0.1) is 0 Å². The van der Waals surface area contributed by atoms with Crippen molar-refractivity contribution >= 4 is 29.1 Å². The van der Waals surface area contributed by atoms with Crippen molar-refractivity contribution in [3.63, 3.8) is 0 Å². The molecule has 4 rings (SSSR count). The van der Waals surface area contributed by atoms with Crippen molar-refractivity contribution in [1.82, 2.24) is 9.80 Å². The quantitative estimate of drug-likeness (QED) is 0.602. The van der Waals surface area contributed by atoms with Gasteiger partial charge in [-0.2, -0.15) is 0 Å². The Bertz CT molecular complexity index is 1120. The Balaban J connectivity index is 1.31. The van der Waals surface area contributed by atoms with E-state index in [4.69, 9.17) is 4.42 Å². The maximum absolute atomic E-state index is 13.1. The van der Waals surface area contributed by atoms with Crippen molar-refractivity contribution in [3.05, 3.63) is 84.1 Å². The standard InChI is InChI=1S/C24H23FN4O4/c25-17-7-9-18(10-8-17)26-23(31)19-4-1-2-5-20(19)27-22(30)16-28-11-13-29(14-12-28)24(32)21-6-3-15-33-21/h1-10,15H,11-14,16H2,(H,26,31)(H,27,30). The lowest BCUT2D eigenvalue weighted by atomic mass is 10.1. The van der Waals surface area contributed by atoms with Crippen molar-refractivity contribution in [2.45, 2.75) is 0 Å². The summed E-state index contributed by atoms with van der Waals surface area (Å²) in [6.45, 7) is 2.21. The normalized spacial score (nSPS) is 14.0. The average molecular weight is 450 g/mol. The zero-order valence-corrected chi connectivity index (χ0v) is 17.8. The Morgan fingerprint density at radius 3 is 2.30 bits per heavy atom. The number of amides is 3. The molecule has 3 amide bonds. The molecule has 0 unspecified atom stereocenters. The van der Waals surface area contributed by atoms with E-state index in [9.17, 15) is 18.8 Å². The molecule has 1 aromatic heterocycles. The molecule has 2 N–H and O–H groups in total. The molecular formula is C24H23FN4O4. The molecule has 1 aliphatic heterocycles. The Morgan fingerprint density at radius 2 is 1.61 bits per heavy atom. The lowest BCUT2D eigenvalue weighted by Gasteiger charge is -2.33. The van der Waals surface area contributed by atoms with Crippen LogP contribution in [0.2, 0.25) is 0 Å². The summed E-state index contributed by atoms with van der Waals surface area (Å²) in [6, 6.07) is 15.4. The molecule has 33 heavy (non-hydrogen) atoms. The fourth-order valence-electron chi connectivity index (χ4n) is 3.58. The van der Waals surface area contributed by atoms with Crippen LogP contribution >= 0.6 is 0 Å². The van der Waals surface area contributed by atoms with Gasteiger partial charge in [-0.05, 0) is 48.5 Å². The maximum atomic E-state index is 13.1. The molecule has 0 saturated carbocycles. The van der Waals surface area contributed by atoms with Gasteiger partial charge in [-0.1, -0.05) is 12.1 Å². The van der Waals surface area contributed by atoms with Crippen LogP contribution in [0, 0.1) is 5.82 Å². The SMILES string of the molecule is O=C(CN1CCN(C(=O)c2ccco2)CC1)Nc1ccccc1C(=O)Nc1ccc(F)cc1. The first kappa shape index (κ1) is 22.2. The highest BCUT2D eigenvalue weighted by Gasteiger charge is 2.25. The van der Waals surface area contributed by atoms with Gasteiger partial charge in [-0.25, -0.2) is 4.39 Å². The van der Waals surface area contributed by atoms with Gasteiger partial charge in [0.1, 0.15) is 5.82 Å². The lowest BCUT2D eigenvalue weighted by molar-refractivity contribution is -0.117. The predicted molar refractivity (Wildman–Crippen MR) is 120 cm³/mol. The van der Waals surface area contributed by atoms with Crippen LogP contribution in [0.1, 0.15) is 20.9 Å². The number of para-hydroxylation sites is 1. The van der Waals surface area contributed by atoms with Crippen LogP contribution in [0.3, 0.4) is 0 Å². The Labute approximate surface area is 190 Å². The monoisotopic (exact) mass is 450 g/mol. The molecule has 0 radical (unpaired) electrons. The second kappa shape index (κ2) is 10.1.